The standard InChI is InChI=1S/C23H25N5O5/c1-5-33-19-10-14(6-9-17(19)29)21-20(13(2)26-23-24-12-25-28(21)23)22(30)27-16-8-7-15(31-3)11-18(16)32-4/h6-12,21,29H,5H2,1-4H3,(H,27,30)(H,24,25,26)/t21-/m1/s1. The van der Waals surface area contributed by atoms with E-state index in [1.807, 2.05) is 6.92 Å². The summed E-state index contributed by atoms with van der Waals surface area (Å²) in [5.41, 5.74) is 2.25. The zero-order chi connectivity index (χ0) is 23.5. The van der Waals surface area contributed by atoms with Crippen LogP contribution in [0.2, 0.25) is 0 Å². The van der Waals surface area contributed by atoms with Gasteiger partial charge in [-0.05, 0) is 43.7 Å². The summed E-state index contributed by atoms with van der Waals surface area (Å²) in [6.45, 7) is 4.02. The van der Waals surface area contributed by atoms with E-state index in [9.17, 15) is 9.90 Å². The predicted molar refractivity (Wildman–Crippen MR) is 122 cm³/mol. The first-order valence-corrected chi connectivity index (χ1v) is 10.3. The van der Waals surface area contributed by atoms with Gasteiger partial charge in [0.1, 0.15) is 23.9 Å². The fraction of sp³-hybridized carbons (Fsp3) is 0.261. The van der Waals surface area contributed by atoms with Crippen molar-refractivity contribution in [2.75, 3.05) is 31.5 Å². The van der Waals surface area contributed by atoms with Crippen LogP contribution in [0.4, 0.5) is 11.6 Å². The van der Waals surface area contributed by atoms with E-state index in [1.165, 1.54) is 19.5 Å². The maximum absolute atomic E-state index is 13.6. The normalized spacial score (nSPS) is 14.8. The maximum atomic E-state index is 13.6. The van der Waals surface area contributed by atoms with Crippen molar-refractivity contribution in [1.82, 2.24) is 14.8 Å². The van der Waals surface area contributed by atoms with E-state index >= 15 is 0 Å². The van der Waals surface area contributed by atoms with Crippen LogP contribution in [0.1, 0.15) is 25.5 Å². The Balaban J connectivity index is 1.76. The van der Waals surface area contributed by atoms with Crippen LogP contribution in [-0.2, 0) is 4.79 Å². The number of allylic oxidation sites excluding steroid dienone is 1. The molecule has 0 bridgehead atoms. The molecular weight excluding hydrogens is 426 g/mol. The van der Waals surface area contributed by atoms with E-state index in [0.717, 1.165) is 0 Å². The fourth-order valence-electron chi connectivity index (χ4n) is 3.76. The van der Waals surface area contributed by atoms with E-state index in [2.05, 4.69) is 20.7 Å². The van der Waals surface area contributed by atoms with Crippen molar-refractivity contribution in [2.45, 2.75) is 19.9 Å². The summed E-state index contributed by atoms with van der Waals surface area (Å²) in [5.74, 6) is 1.57. The summed E-state index contributed by atoms with van der Waals surface area (Å²) in [5, 5.41) is 20.5. The summed E-state index contributed by atoms with van der Waals surface area (Å²) in [6, 6.07) is 9.51. The highest BCUT2D eigenvalue weighted by Gasteiger charge is 2.34. The van der Waals surface area contributed by atoms with Crippen molar-refractivity contribution < 1.29 is 24.1 Å². The molecule has 1 atom stereocenters. The number of hydrogen-bond donors (Lipinski definition) is 3. The average molecular weight is 451 g/mol. The topological polar surface area (TPSA) is 120 Å². The van der Waals surface area contributed by atoms with Crippen molar-refractivity contribution in [3.63, 3.8) is 0 Å². The molecule has 4 rings (SSSR count). The number of anilines is 2. The van der Waals surface area contributed by atoms with Crippen molar-refractivity contribution in [1.29, 1.82) is 0 Å². The van der Waals surface area contributed by atoms with Gasteiger partial charge in [-0.3, -0.25) is 4.79 Å². The number of phenolic OH excluding ortho intramolecular Hbond substituents is 1. The van der Waals surface area contributed by atoms with Gasteiger partial charge in [-0.1, -0.05) is 6.07 Å². The van der Waals surface area contributed by atoms with Crippen molar-refractivity contribution in [3.8, 4) is 23.0 Å². The number of fused-ring (bicyclic) bond motifs is 1. The molecule has 0 radical (unpaired) electrons. The van der Waals surface area contributed by atoms with Gasteiger partial charge in [0.15, 0.2) is 11.5 Å². The molecule has 1 aliphatic rings. The molecule has 3 N–H and O–H groups in total. The molecule has 33 heavy (non-hydrogen) atoms. The van der Waals surface area contributed by atoms with Gasteiger partial charge in [0.2, 0.25) is 5.95 Å². The first-order valence-electron chi connectivity index (χ1n) is 10.3. The number of rotatable bonds is 7. The number of methoxy groups -OCH3 is 2. The van der Waals surface area contributed by atoms with E-state index in [-0.39, 0.29) is 11.7 Å². The zero-order valence-electron chi connectivity index (χ0n) is 18.7. The number of aromatic nitrogens is 3. The van der Waals surface area contributed by atoms with Gasteiger partial charge in [-0.15, -0.1) is 0 Å². The third-order valence-electron chi connectivity index (χ3n) is 5.30. The molecule has 172 valence electrons. The van der Waals surface area contributed by atoms with Gasteiger partial charge in [0.05, 0.1) is 32.1 Å². The highest BCUT2D eigenvalue weighted by Crippen LogP contribution is 2.39. The Labute approximate surface area is 190 Å². The molecule has 1 aromatic heterocycles. The number of ether oxygens (including phenoxy) is 3. The van der Waals surface area contributed by atoms with Crippen molar-refractivity contribution >= 4 is 17.5 Å². The molecule has 0 unspecified atom stereocenters. The summed E-state index contributed by atoms with van der Waals surface area (Å²) in [6.07, 6.45) is 1.42. The number of hydrogen-bond acceptors (Lipinski definition) is 8. The molecule has 2 aromatic carbocycles. The minimum absolute atomic E-state index is 0.0167. The molecule has 0 aliphatic carbocycles. The van der Waals surface area contributed by atoms with Gasteiger partial charge in [-0.2, -0.15) is 10.1 Å². The number of amides is 1. The van der Waals surface area contributed by atoms with Crippen LogP contribution in [0.3, 0.4) is 0 Å². The van der Waals surface area contributed by atoms with Crippen LogP contribution in [-0.4, -0.2) is 46.6 Å². The molecule has 3 aromatic rings. The van der Waals surface area contributed by atoms with Crippen LogP contribution in [0.25, 0.3) is 0 Å². The Kier molecular flexibility index (Phi) is 6.07. The third kappa shape index (κ3) is 4.14. The van der Waals surface area contributed by atoms with E-state index < -0.39 is 6.04 Å². The van der Waals surface area contributed by atoms with E-state index in [1.54, 1.807) is 49.0 Å². The third-order valence-corrected chi connectivity index (χ3v) is 5.30. The van der Waals surface area contributed by atoms with Crippen LogP contribution >= 0.6 is 0 Å². The lowest BCUT2D eigenvalue weighted by molar-refractivity contribution is -0.113. The van der Waals surface area contributed by atoms with Crippen molar-refractivity contribution in [3.05, 3.63) is 59.6 Å². The fourth-order valence-corrected chi connectivity index (χ4v) is 3.76. The highest BCUT2D eigenvalue weighted by atomic mass is 16.5. The Morgan fingerprint density at radius 2 is 2.00 bits per heavy atom. The summed E-state index contributed by atoms with van der Waals surface area (Å²) < 4.78 is 17.8. The molecule has 1 amide bonds. The van der Waals surface area contributed by atoms with Crippen molar-refractivity contribution in [2.24, 2.45) is 0 Å². The Morgan fingerprint density at radius 1 is 1.18 bits per heavy atom. The Morgan fingerprint density at radius 3 is 2.73 bits per heavy atom. The Hall–Kier alpha value is -4.21. The maximum Gasteiger partial charge on any atom is 0.255 e. The lowest BCUT2D eigenvalue weighted by Gasteiger charge is -2.29. The molecule has 2 heterocycles. The predicted octanol–water partition coefficient (Wildman–Crippen LogP) is 3.33. The molecular formula is C23H25N5O5. The number of nitrogens with one attached hydrogen (secondary N) is 2. The first-order chi connectivity index (χ1) is 16.0. The molecule has 0 spiro atoms. The number of nitrogens with zero attached hydrogens (tertiary/aromatic N) is 3. The molecule has 0 saturated carbocycles. The number of carbonyl (C=O) groups excluding carboxylic acids is 1. The highest BCUT2D eigenvalue weighted by molar-refractivity contribution is 6.06. The zero-order valence-corrected chi connectivity index (χ0v) is 18.7. The van der Waals surface area contributed by atoms with Crippen LogP contribution in [0, 0.1) is 0 Å². The Bertz CT molecular complexity index is 1220. The minimum atomic E-state index is -0.604. The smallest absolute Gasteiger partial charge is 0.255 e. The second-order valence-corrected chi connectivity index (χ2v) is 7.27. The second kappa shape index (κ2) is 9.11. The summed E-state index contributed by atoms with van der Waals surface area (Å²) in [7, 11) is 3.08. The quantitative estimate of drug-likeness (QED) is 0.500. The monoisotopic (exact) mass is 451 g/mol. The summed E-state index contributed by atoms with van der Waals surface area (Å²) >= 11 is 0. The van der Waals surface area contributed by atoms with Gasteiger partial charge < -0.3 is 30.0 Å². The number of aromatic hydroxyl groups is 1. The van der Waals surface area contributed by atoms with Gasteiger partial charge in [-0.25, -0.2) is 4.68 Å². The average Bonchev–Trinajstić information content (AvgIpc) is 3.28. The van der Waals surface area contributed by atoms with Crippen LogP contribution in [0.5, 0.6) is 23.0 Å². The molecule has 10 nitrogen and oxygen atoms in total. The van der Waals surface area contributed by atoms with Gasteiger partial charge in [0, 0.05) is 11.8 Å². The minimum Gasteiger partial charge on any atom is -0.504 e. The number of phenols is 1. The first kappa shape index (κ1) is 22.0. The lowest BCUT2D eigenvalue weighted by atomic mass is 9.94. The number of benzene rings is 2. The molecule has 1 aliphatic heterocycles. The van der Waals surface area contributed by atoms with E-state index in [4.69, 9.17) is 14.2 Å². The molecule has 10 heteroatoms. The molecule has 0 fully saturated rings. The van der Waals surface area contributed by atoms with Crippen LogP contribution in [0.15, 0.2) is 54.0 Å². The SMILES string of the molecule is CCOc1cc([C@@H]2C(C(=O)Nc3ccc(OC)cc3OC)=C(C)Nc3ncnn32)ccc1O. The second-order valence-electron chi connectivity index (χ2n) is 7.27. The van der Waals surface area contributed by atoms with E-state index in [0.29, 0.717) is 52.3 Å². The lowest BCUT2D eigenvalue weighted by Crippen LogP contribution is -2.31. The van der Waals surface area contributed by atoms with Gasteiger partial charge >= 0.3 is 0 Å². The molecule has 0 saturated heterocycles. The summed E-state index contributed by atoms with van der Waals surface area (Å²) in [4.78, 5) is 17.8. The van der Waals surface area contributed by atoms with Crippen LogP contribution < -0.4 is 24.8 Å². The number of carbonyl (C=O) groups is 1. The van der Waals surface area contributed by atoms with Gasteiger partial charge in [0.25, 0.3) is 5.91 Å². The largest absolute Gasteiger partial charge is 0.504 e.